The summed E-state index contributed by atoms with van der Waals surface area (Å²) in [6.07, 6.45) is 5.59. The van der Waals surface area contributed by atoms with Gasteiger partial charge in [0, 0.05) is 44.7 Å². The maximum atomic E-state index is 12.3. The van der Waals surface area contributed by atoms with Crippen LogP contribution in [0.15, 0.2) is 0 Å². The van der Waals surface area contributed by atoms with Gasteiger partial charge in [-0.1, -0.05) is 13.3 Å². The monoisotopic (exact) mass is 267 g/mol. The number of nitrogens with zero attached hydrogens (tertiary/aromatic N) is 2. The zero-order valence-electron chi connectivity index (χ0n) is 12.5. The van der Waals surface area contributed by atoms with Gasteiger partial charge in [0.25, 0.3) is 0 Å². The van der Waals surface area contributed by atoms with Gasteiger partial charge < -0.3 is 10.2 Å². The summed E-state index contributed by atoms with van der Waals surface area (Å²) in [6, 6.07) is 1.08. The maximum absolute atomic E-state index is 12.3. The first-order valence-corrected chi connectivity index (χ1v) is 7.96. The number of rotatable bonds is 4. The van der Waals surface area contributed by atoms with Gasteiger partial charge in [0.15, 0.2) is 0 Å². The standard InChI is InChI=1S/C15H29N3O/c1-3-13(2)17-8-10-18(11-9-17)15(19)12-14-6-4-5-7-16-14/h13-14,16H,3-12H2,1-2H3. The third-order valence-corrected chi connectivity index (χ3v) is 4.71. The van der Waals surface area contributed by atoms with Crippen LogP contribution in [-0.4, -0.2) is 60.5 Å². The molecule has 0 saturated carbocycles. The average Bonchev–Trinajstić information content (AvgIpc) is 2.47. The van der Waals surface area contributed by atoms with Crippen LogP contribution in [0.1, 0.15) is 46.0 Å². The number of piperidine rings is 1. The topological polar surface area (TPSA) is 35.6 Å². The molecule has 0 aromatic rings. The predicted molar refractivity (Wildman–Crippen MR) is 78.2 cm³/mol. The van der Waals surface area contributed by atoms with Gasteiger partial charge in [-0.25, -0.2) is 0 Å². The fourth-order valence-electron chi connectivity index (χ4n) is 3.11. The van der Waals surface area contributed by atoms with Crippen LogP contribution in [0.25, 0.3) is 0 Å². The molecule has 0 spiro atoms. The Hall–Kier alpha value is -0.610. The molecule has 2 atom stereocenters. The van der Waals surface area contributed by atoms with Crippen molar-refractivity contribution in [2.45, 2.75) is 58.0 Å². The van der Waals surface area contributed by atoms with E-state index in [0.717, 1.165) is 32.7 Å². The number of hydrogen-bond acceptors (Lipinski definition) is 3. The lowest BCUT2D eigenvalue weighted by Gasteiger charge is -2.38. The number of carbonyl (C=O) groups is 1. The average molecular weight is 267 g/mol. The van der Waals surface area contributed by atoms with Gasteiger partial charge in [0.05, 0.1) is 0 Å². The molecule has 2 saturated heterocycles. The first-order chi connectivity index (χ1) is 9.20. The van der Waals surface area contributed by atoms with Crippen molar-refractivity contribution in [2.24, 2.45) is 0 Å². The first-order valence-electron chi connectivity index (χ1n) is 7.96. The first kappa shape index (κ1) is 14.8. The van der Waals surface area contributed by atoms with Crippen molar-refractivity contribution in [1.29, 1.82) is 0 Å². The molecule has 0 aromatic heterocycles. The van der Waals surface area contributed by atoms with E-state index >= 15 is 0 Å². The van der Waals surface area contributed by atoms with E-state index in [1.54, 1.807) is 0 Å². The van der Waals surface area contributed by atoms with Gasteiger partial charge in [0.2, 0.25) is 5.91 Å². The molecule has 2 unspecified atom stereocenters. The van der Waals surface area contributed by atoms with Gasteiger partial charge in [-0.2, -0.15) is 0 Å². The summed E-state index contributed by atoms with van der Waals surface area (Å²) in [5.74, 6) is 0.350. The Morgan fingerprint density at radius 2 is 2.00 bits per heavy atom. The molecule has 2 aliphatic heterocycles. The molecule has 0 bridgehead atoms. The van der Waals surface area contributed by atoms with E-state index < -0.39 is 0 Å². The summed E-state index contributed by atoms with van der Waals surface area (Å²) in [5.41, 5.74) is 0. The summed E-state index contributed by atoms with van der Waals surface area (Å²) in [4.78, 5) is 16.8. The molecule has 0 radical (unpaired) electrons. The second-order valence-corrected chi connectivity index (χ2v) is 6.02. The van der Waals surface area contributed by atoms with E-state index in [4.69, 9.17) is 0 Å². The Kier molecular flexibility index (Phi) is 5.64. The molecule has 0 aromatic carbocycles. The quantitative estimate of drug-likeness (QED) is 0.837. The number of carbonyl (C=O) groups excluding carboxylic acids is 1. The van der Waals surface area contributed by atoms with Gasteiger partial charge in [-0.3, -0.25) is 9.69 Å². The number of piperazine rings is 1. The highest BCUT2D eigenvalue weighted by atomic mass is 16.2. The Morgan fingerprint density at radius 3 is 2.58 bits per heavy atom. The van der Waals surface area contributed by atoms with E-state index in [0.29, 0.717) is 24.4 Å². The number of nitrogens with one attached hydrogen (secondary N) is 1. The normalized spacial score (nSPS) is 27.3. The van der Waals surface area contributed by atoms with Crippen LogP contribution in [0.4, 0.5) is 0 Å². The summed E-state index contributed by atoms with van der Waals surface area (Å²) in [5, 5.41) is 3.47. The molecule has 19 heavy (non-hydrogen) atoms. The minimum absolute atomic E-state index is 0.350. The third kappa shape index (κ3) is 4.18. The van der Waals surface area contributed by atoms with Crippen molar-refractivity contribution in [3.05, 3.63) is 0 Å². The molecule has 2 heterocycles. The van der Waals surface area contributed by atoms with Gasteiger partial charge in [0.1, 0.15) is 0 Å². The molecule has 110 valence electrons. The summed E-state index contributed by atoms with van der Waals surface area (Å²) < 4.78 is 0. The molecule has 2 fully saturated rings. The van der Waals surface area contributed by atoms with Crippen molar-refractivity contribution < 1.29 is 4.79 Å². The SMILES string of the molecule is CCC(C)N1CCN(C(=O)CC2CCCCN2)CC1. The summed E-state index contributed by atoms with van der Waals surface area (Å²) in [7, 11) is 0. The Balaban J connectivity index is 1.72. The van der Waals surface area contributed by atoms with Crippen LogP contribution in [0, 0.1) is 0 Å². The van der Waals surface area contributed by atoms with Gasteiger partial charge in [-0.15, -0.1) is 0 Å². The van der Waals surface area contributed by atoms with Crippen molar-refractivity contribution in [3.8, 4) is 0 Å². The summed E-state index contributed by atoms with van der Waals surface area (Å²) >= 11 is 0. The Morgan fingerprint density at radius 1 is 1.26 bits per heavy atom. The summed E-state index contributed by atoms with van der Waals surface area (Å²) in [6.45, 7) is 9.50. The van der Waals surface area contributed by atoms with Crippen LogP contribution in [0.2, 0.25) is 0 Å². The molecular formula is C15H29N3O. The molecule has 1 amide bonds. The van der Waals surface area contributed by atoms with Crippen molar-refractivity contribution >= 4 is 5.91 Å². The van der Waals surface area contributed by atoms with E-state index in [-0.39, 0.29) is 0 Å². The Bertz CT molecular complexity index is 281. The minimum Gasteiger partial charge on any atom is -0.340 e. The van der Waals surface area contributed by atoms with Crippen LogP contribution in [-0.2, 0) is 4.79 Å². The van der Waals surface area contributed by atoms with Gasteiger partial charge in [-0.05, 0) is 32.7 Å². The highest BCUT2D eigenvalue weighted by Crippen LogP contribution is 2.14. The fourth-order valence-corrected chi connectivity index (χ4v) is 3.11. The Labute approximate surface area is 117 Å². The van der Waals surface area contributed by atoms with Crippen LogP contribution >= 0.6 is 0 Å². The van der Waals surface area contributed by atoms with Gasteiger partial charge >= 0.3 is 0 Å². The zero-order chi connectivity index (χ0) is 13.7. The van der Waals surface area contributed by atoms with E-state index in [1.807, 2.05) is 0 Å². The molecule has 1 N–H and O–H groups in total. The largest absolute Gasteiger partial charge is 0.340 e. The highest BCUT2D eigenvalue weighted by molar-refractivity contribution is 5.77. The second-order valence-electron chi connectivity index (χ2n) is 6.02. The lowest BCUT2D eigenvalue weighted by molar-refractivity contribution is -0.133. The number of hydrogen-bond donors (Lipinski definition) is 1. The predicted octanol–water partition coefficient (Wildman–Crippen LogP) is 1.46. The fraction of sp³-hybridized carbons (Fsp3) is 0.933. The minimum atomic E-state index is 0.350. The molecule has 4 nitrogen and oxygen atoms in total. The molecule has 0 aliphatic carbocycles. The second kappa shape index (κ2) is 7.25. The third-order valence-electron chi connectivity index (χ3n) is 4.71. The molecule has 2 rings (SSSR count). The van der Waals surface area contributed by atoms with Crippen LogP contribution in [0.3, 0.4) is 0 Å². The van der Waals surface area contributed by atoms with Crippen molar-refractivity contribution in [2.75, 3.05) is 32.7 Å². The maximum Gasteiger partial charge on any atom is 0.224 e. The van der Waals surface area contributed by atoms with Crippen LogP contribution < -0.4 is 5.32 Å². The van der Waals surface area contributed by atoms with Crippen molar-refractivity contribution in [1.82, 2.24) is 15.1 Å². The number of amides is 1. The lowest BCUT2D eigenvalue weighted by Crippen LogP contribution is -2.52. The lowest BCUT2D eigenvalue weighted by atomic mass is 10.0. The highest BCUT2D eigenvalue weighted by Gasteiger charge is 2.25. The van der Waals surface area contributed by atoms with E-state index in [2.05, 4.69) is 29.0 Å². The molecular weight excluding hydrogens is 238 g/mol. The van der Waals surface area contributed by atoms with E-state index in [1.165, 1.54) is 25.7 Å². The zero-order valence-corrected chi connectivity index (χ0v) is 12.5. The molecule has 2 aliphatic rings. The van der Waals surface area contributed by atoms with Crippen molar-refractivity contribution in [3.63, 3.8) is 0 Å². The van der Waals surface area contributed by atoms with Crippen LogP contribution in [0.5, 0.6) is 0 Å². The van der Waals surface area contributed by atoms with E-state index in [9.17, 15) is 4.79 Å². The molecule has 4 heteroatoms. The smallest absolute Gasteiger partial charge is 0.224 e.